The number of nitrogens with one attached hydrogen (secondary N) is 1. The van der Waals surface area contributed by atoms with Crippen LogP contribution in [0.25, 0.3) is 0 Å². The molecular formula is C16H26N2O. The molecule has 1 saturated carbocycles. The van der Waals surface area contributed by atoms with Gasteiger partial charge in [0, 0.05) is 32.4 Å². The molecule has 3 heteroatoms. The Morgan fingerprint density at radius 2 is 1.79 bits per heavy atom. The minimum atomic E-state index is -0.405. The predicted octanol–water partition coefficient (Wildman–Crippen LogP) is 2.71. The number of aliphatic hydroxyl groups excluding tert-OH is 1. The number of hydrogen-bond acceptors (Lipinski definition) is 3. The molecule has 1 fully saturated rings. The van der Waals surface area contributed by atoms with Crippen LogP contribution in [0.1, 0.15) is 43.8 Å². The average molecular weight is 262 g/mol. The summed E-state index contributed by atoms with van der Waals surface area (Å²) in [5.41, 5.74) is 2.16. The molecule has 0 heterocycles. The lowest BCUT2D eigenvalue weighted by atomic mass is 9.95. The molecule has 0 spiro atoms. The van der Waals surface area contributed by atoms with E-state index in [9.17, 15) is 5.11 Å². The lowest BCUT2D eigenvalue weighted by Gasteiger charge is -2.24. The first-order valence-corrected chi connectivity index (χ1v) is 7.35. The van der Waals surface area contributed by atoms with E-state index < -0.39 is 6.10 Å². The van der Waals surface area contributed by atoms with Crippen LogP contribution in [0.2, 0.25) is 0 Å². The Hall–Kier alpha value is -1.06. The van der Waals surface area contributed by atoms with Gasteiger partial charge >= 0.3 is 0 Å². The fourth-order valence-corrected chi connectivity index (χ4v) is 2.70. The molecule has 1 unspecified atom stereocenters. The van der Waals surface area contributed by atoms with E-state index in [1.165, 1.54) is 32.1 Å². The van der Waals surface area contributed by atoms with Gasteiger partial charge in [-0.15, -0.1) is 0 Å². The molecule has 2 rings (SSSR count). The molecule has 1 aromatic carbocycles. The fraction of sp³-hybridized carbons (Fsp3) is 0.625. The third-order valence-electron chi connectivity index (χ3n) is 4.00. The summed E-state index contributed by atoms with van der Waals surface area (Å²) in [4.78, 5) is 2.07. The highest BCUT2D eigenvalue weighted by atomic mass is 16.3. The van der Waals surface area contributed by atoms with Gasteiger partial charge in [0.05, 0.1) is 6.10 Å². The molecule has 1 atom stereocenters. The van der Waals surface area contributed by atoms with Crippen molar-refractivity contribution in [3.05, 3.63) is 29.8 Å². The highest BCUT2D eigenvalue weighted by molar-refractivity contribution is 5.46. The van der Waals surface area contributed by atoms with Gasteiger partial charge in [0.1, 0.15) is 0 Å². The zero-order chi connectivity index (χ0) is 13.7. The molecule has 1 aliphatic carbocycles. The maximum Gasteiger partial charge on any atom is 0.0914 e. The van der Waals surface area contributed by atoms with E-state index in [-0.39, 0.29) is 0 Å². The van der Waals surface area contributed by atoms with Crippen LogP contribution in [0.4, 0.5) is 5.69 Å². The normalized spacial score (nSPS) is 18.3. The van der Waals surface area contributed by atoms with Crippen molar-refractivity contribution in [3.8, 4) is 0 Å². The SMILES string of the molecule is CN(C)c1ccc(C(O)CNC2CCCCC2)cc1. The first kappa shape index (κ1) is 14.4. The minimum Gasteiger partial charge on any atom is -0.387 e. The summed E-state index contributed by atoms with van der Waals surface area (Å²) in [6.45, 7) is 0.659. The van der Waals surface area contributed by atoms with Gasteiger partial charge in [-0.2, -0.15) is 0 Å². The predicted molar refractivity (Wildman–Crippen MR) is 80.6 cm³/mol. The molecule has 1 aliphatic rings. The first-order valence-electron chi connectivity index (χ1n) is 7.35. The molecule has 0 amide bonds. The lowest BCUT2D eigenvalue weighted by Crippen LogP contribution is -2.34. The molecule has 3 nitrogen and oxygen atoms in total. The van der Waals surface area contributed by atoms with Crippen molar-refractivity contribution in [2.45, 2.75) is 44.2 Å². The first-order chi connectivity index (χ1) is 9.16. The van der Waals surface area contributed by atoms with Crippen molar-refractivity contribution in [2.75, 3.05) is 25.5 Å². The number of rotatable bonds is 5. The Bertz CT molecular complexity index is 369. The molecule has 106 valence electrons. The van der Waals surface area contributed by atoms with Crippen LogP contribution in [0.15, 0.2) is 24.3 Å². The van der Waals surface area contributed by atoms with Crippen molar-refractivity contribution in [1.29, 1.82) is 0 Å². The maximum atomic E-state index is 10.2. The summed E-state index contributed by atoms with van der Waals surface area (Å²) >= 11 is 0. The van der Waals surface area contributed by atoms with E-state index in [0.29, 0.717) is 12.6 Å². The Morgan fingerprint density at radius 3 is 2.37 bits per heavy atom. The van der Waals surface area contributed by atoms with Gasteiger partial charge < -0.3 is 15.3 Å². The fourth-order valence-electron chi connectivity index (χ4n) is 2.70. The molecule has 0 saturated heterocycles. The van der Waals surface area contributed by atoms with E-state index in [0.717, 1.165) is 11.3 Å². The van der Waals surface area contributed by atoms with Gasteiger partial charge in [0.2, 0.25) is 0 Å². The van der Waals surface area contributed by atoms with Gasteiger partial charge in [-0.25, -0.2) is 0 Å². The Kier molecular flexibility index (Phi) is 5.23. The van der Waals surface area contributed by atoms with Crippen molar-refractivity contribution >= 4 is 5.69 Å². The van der Waals surface area contributed by atoms with E-state index in [1.807, 2.05) is 26.2 Å². The third-order valence-corrected chi connectivity index (χ3v) is 4.00. The van der Waals surface area contributed by atoms with E-state index in [4.69, 9.17) is 0 Å². The number of hydrogen-bond donors (Lipinski definition) is 2. The van der Waals surface area contributed by atoms with Crippen LogP contribution in [0.3, 0.4) is 0 Å². The van der Waals surface area contributed by atoms with Crippen molar-refractivity contribution in [1.82, 2.24) is 5.32 Å². The van der Waals surface area contributed by atoms with Crippen LogP contribution in [-0.4, -0.2) is 31.8 Å². The van der Waals surface area contributed by atoms with E-state index in [1.54, 1.807) is 0 Å². The molecule has 2 N–H and O–H groups in total. The van der Waals surface area contributed by atoms with Crippen molar-refractivity contribution in [2.24, 2.45) is 0 Å². The highest BCUT2D eigenvalue weighted by Gasteiger charge is 2.15. The van der Waals surface area contributed by atoms with Gasteiger partial charge in [-0.05, 0) is 30.5 Å². The molecule has 0 aliphatic heterocycles. The molecule has 0 bridgehead atoms. The zero-order valence-electron chi connectivity index (χ0n) is 12.1. The third kappa shape index (κ3) is 4.22. The summed E-state index contributed by atoms with van der Waals surface area (Å²) in [7, 11) is 4.05. The lowest BCUT2D eigenvalue weighted by molar-refractivity contribution is 0.165. The number of aliphatic hydroxyl groups is 1. The van der Waals surface area contributed by atoms with E-state index in [2.05, 4.69) is 22.3 Å². The summed E-state index contributed by atoms with van der Waals surface area (Å²) in [6.07, 6.45) is 6.13. The summed E-state index contributed by atoms with van der Waals surface area (Å²) in [6, 6.07) is 8.74. The highest BCUT2D eigenvalue weighted by Crippen LogP contribution is 2.20. The Balaban J connectivity index is 1.83. The molecule has 19 heavy (non-hydrogen) atoms. The Morgan fingerprint density at radius 1 is 1.16 bits per heavy atom. The van der Waals surface area contributed by atoms with Crippen LogP contribution in [0.5, 0.6) is 0 Å². The molecule has 1 aromatic rings. The van der Waals surface area contributed by atoms with Crippen molar-refractivity contribution < 1.29 is 5.11 Å². The summed E-state index contributed by atoms with van der Waals surface area (Å²) in [5, 5.41) is 13.7. The van der Waals surface area contributed by atoms with Gasteiger partial charge in [0.15, 0.2) is 0 Å². The topological polar surface area (TPSA) is 35.5 Å². The van der Waals surface area contributed by atoms with Crippen LogP contribution in [-0.2, 0) is 0 Å². The average Bonchev–Trinajstić information content (AvgIpc) is 2.46. The monoisotopic (exact) mass is 262 g/mol. The van der Waals surface area contributed by atoms with Crippen molar-refractivity contribution in [3.63, 3.8) is 0 Å². The quantitative estimate of drug-likeness (QED) is 0.856. The zero-order valence-corrected chi connectivity index (χ0v) is 12.1. The van der Waals surface area contributed by atoms with Crippen LogP contribution >= 0.6 is 0 Å². The second-order valence-corrected chi connectivity index (χ2v) is 5.74. The maximum absolute atomic E-state index is 10.2. The van der Waals surface area contributed by atoms with Gasteiger partial charge in [-0.3, -0.25) is 0 Å². The Labute approximate surface area is 116 Å². The second-order valence-electron chi connectivity index (χ2n) is 5.74. The van der Waals surface area contributed by atoms with Gasteiger partial charge in [0.25, 0.3) is 0 Å². The summed E-state index contributed by atoms with van der Waals surface area (Å²) < 4.78 is 0. The molecule has 0 radical (unpaired) electrons. The minimum absolute atomic E-state index is 0.405. The standard InChI is InChI=1S/C16H26N2O/c1-18(2)15-10-8-13(9-11-15)16(19)12-17-14-6-4-3-5-7-14/h8-11,14,16-17,19H,3-7,12H2,1-2H3. The number of nitrogens with zero attached hydrogens (tertiary/aromatic N) is 1. The number of anilines is 1. The van der Waals surface area contributed by atoms with Gasteiger partial charge in [-0.1, -0.05) is 31.4 Å². The smallest absolute Gasteiger partial charge is 0.0914 e. The largest absolute Gasteiger partial charge is 0.387 e. The summed E-state index contributed by atoms with van der Waals surface area (Å²) in [5.74, 6) is 0. The second kappa shape index (κ2) is 6.92. The number of benzene rings is 1. The van der Waals surface area contributed by atoms with Crippen LogP contribution < -0.4 is 10.2 Å². The van der Waals surface area contributed by atoms with E-state index >= 15 is 0 Å². The molecular weight excluding hydrogens is 236 g/mol. The van der Waals surface area contributed by atoms with Crippen LogP contribution in [0, 0.1) is 0 Å². The molecule has 0 aromatic heterocycles.